The van der Waals surface area contributed by atoms with Gasteiger partial charge in [-0.1, -0.05) is 18.2 Å². The predicted molar refractivity (Wildman–Crippen MR) is 105 cm³/mol. The molecule has 1 saturated heterocycles. The molecule has 0 bridgehead atoms. The van der Waals surface area contributed by atoms with E-state index in [2.05, 4.69) is 0 Å². The van der Waals surface area contributed by atoms with Crippen LogP contribution in [0.3, 0.4) is 0 Å². The quantitative estimate of drug-likeness (QED) is 0.455. The Bertz CT molecular complexity index is 1120. The lowest BCUT2D eigenvalue weighted by Gasteiger charge is -2.15. The topological polar surface area (TPSA) is 93.9 Å². The van der Waals surface area contributed by atoms with Gasteiger partial charge < -0.3 is 9.15 Å². The Labute approximate surface area is 167 Å². The Morgan fingerprint density at radius 1 is 1.00 bits per heavy atom. The highest BCUT2D eigenvalue weighted by Crippen LogP contribution is 2.22. The molecule has 2 heterocycles. The zero-order valence-corrected chi connectivity index (χ0v) is 16.4. The SMILES string of the molecule is O=C(COC(=O)c1cc2ccccc2o1)c1ccc(S(=O)(=O)N2CCCC2)cc1. The Kier molecular flexibility index (Phi) is 5.21. The van der Waals surface area contributed by atoms with Crippen molar-refractivity contribution in [3.8, 4) is 0 Å². The summed E-state index contributed by atoms with van der Waals surface area (Å²) in [5, 5.41) is 0.764. The van der Waals surface area contributed by atoms with Crippen LogP contribution in [0, 0.1) is 0 Å². The van der Waals surface area contributed by atoms with Gasteiger partial charge in [0.15, 0.2) is 12.4 Å². The third kappa shape index (κ3) is 3.94. The van der Waals surface area contributed by atoms with Gasteiger partial charge in [-0.3, -0.25) is 4.79 Å². The molecular weight excluding hydrogens is 394 g/mol. The standard InChI is InChI=1S/C21H19NO6S/c23-18(14-27-21(24)20-13-16-5-1-2-6-19(16)28-20)15-7-9-17(10-8-15)29(25,26)22-11-3-4-12-22/h1-2,5-10,13H,3-4,11-12,14H2. The molecule has 0 unspecified atom stereocenters. The molecule has 1 aliphatic heterocycles. The summed E-state index contributed by atoms with van der Waals surface area (Å²) in [6.07, 6.45) is 1.71. The van der Waals surface area contributed by atoms with E-state index in [1.807, 2.05) is 6.07 Å². The van der Waals surface area contributed by atoms with Crippen LogP contribution in [-0.4, -0.2) is 44.2 Å². The molecule has 0 radical (unpaired) electrons. The van der Waals surface area contributed by atoms with Crippen LogP contribution in [0.25, 0.3) is 11.0 Å². The van der Waals surface area contributed by atoms with Crippen molar-refractivity contribution in [2.75, 3.05) is 19.7 Å². The van der Waals surface area contributed by atoms with Crippen molar-refractivity contribution in [1.82, 2.24) is 4.31 Å². The molecule has 2 aromatic carbocycles. The van der Waals surface area contributed by atoms with E-state index < -0.39 is 28.4 Å². The van der Waals surface area contributed by atoms with Crippen LogP contribution < -0.4 is 0 Å². The first-order chi connectivity index (χ1) is 13.9. The average Bonchev–Trinajstić information content (AvgIpc) is 3.42. The van der Waals surface area contributed by atoms with Gasteiger partial charge in [0.05, 0.1) is 4.90 Å². The second-order valence-electron chi connectivity index (χ2n) is 6.78. The van der Waals surface area contributed by atoms with E-state index in [0.717, 1.165) is 18.2 Å². The smallest absolute Gasteiger partial charge is 0.374 e. The van der Waals surface area contributed by atoms with Crippen molar-refractivity contribution in [2.45, 2.75) is 17.7 Å². The monoisotopic (exact) mass is 413 g/mol. The van der Waals surface area contributed by atoms with Gasteiger partial charge in [0.1, 0.15) is 5.58 Å². The number of carbonyl (C=O) groups excluding carboxylic acids is 2. The summed E-state index contributed by atoms with van der Waals surface area (Å²) in [5.74, 6) is -1.14. The van der Waals surface area contributed by atoms with Gasteiger partial charge in [0.25, 0.3) is 0 Å². The molecule has 0 amide bonds. The number of hydrogen-bond donors (Lipinski definition) is 0. The molecule has 0 N–H and O–H groups in total. The maximum absolute atomic E-state index is 12.5. The van der Waals surface area contributed by atoms with Crippen molar-refractivity contribution in [2.24, 2.45) is 0 Å². The number of carbonyl (C=O) groups is 2. The molecule has 7 nitrogen and oxygen atoms in total. The fraction of sp³-hybridized carbons (Fsp3) is 0.238. The van der Waals surface area contributed by atoms with E-state index in [0.29, 0.717) is 18.7 Å². The summed E-state index contributed by atoms with van der Waals surface area (Å²) in [5.41, 5.74) is 0.823. The summed E-state index contributed by atoms with van der Waals surface area (Å²) < 4.78 is 36.9. The van der Waals surface area contributed by atoms with E-state index in [4.69, 9.17) is 9.15 Å². The largest absolute Gasteiger partial charge is 0.451 e. The van der Waals surface area contributed by atoms with Crippen molar-refractivity contribution in [3.05, 3.63) is 65.9 Å². The normalized spacial score (nSPS) is 14.9. The van der Waals surface area contributed by atoms with E-state index in [-0.39, 0.29) is 16.2 Å². The van der Waals surface area contributed by atoms with Crippen LogP contribution in [-0.2, 0) is 14.8 Å². The van der Waals surface area contributed by atoms with Crippen molar-refractivity contribution in [3.63, 3.8) is 0 Å². The van der Waals surface area contributed by atoms with Gasteiger partial charge in [-0.25, -0.2) is 13.2 Å². The molecule has 1 fully saturated rings. The molecule has 29 heavy (non-hydrogen) atoms. The van der Waals surface area contributed by atoms with E-state index in [9.17, 15) is 18.0 Å². The number of hydrogen-bond acceptors (Lipinski definition) is 6. The maximum Gasteiger partial charge on any atom is 0.374 e. The summed E-state index contributed by atoms with van der Waals surface area (Å²) in [6, 6.07) is 14.4. The number of rotatable bonds is 6. The molecule has 150 valence electrons. The molecule has 0 saturated carbocycles. The molecule has 0 spiro atoms. The fourth-order valence-corrected chi connectivity index (χ4v) is 4.78. The Balaban J connectivity index is 1.40. The van der Waals surface area contributed by atoms with Crippen molar-refractivity contribution in [1.29, 1.82) is 0 Å². The number of Topliss-reactive ketones (excluding diaryl/α,β-unsaturated/α-hetero) is 1. The zero-order chi connectivity index (χ0) is 20.4. The minimum Gasteiger partial charge on any atom is -0.451 e. The Morgan fingerprint density at radius 3 is 2.38 bits per heavy atom. The summed E-state index contributed by atoms with van der Waals surface area (Å²) >= 11 is 0. The first-order valence-electron chi connectivity index (χ1n) is 9.24. The van der Waals surface area contributed by atoms with Crippen LogP contribution in [0.2, 0.25) is 0 Å². The number of esters is 1. The lowest BCUT2D eigenvalue weighted by molar-refractivity contribution is 0.0446. The number of sulfonamides is 1. The van der Waals surface area contributed by atoms with Crippen LogP contribution in [0.15, 0.2) is 63.9 Å². The molecule has 1 aliphatic rings. The molecule has 0 aliphatic carbocycles. The highest BCUT2D eigenvalue weighted by atomic mass is 32.2. The minimum atomic E-state index is -3.53. The molecule has 3 aromatic rings. The number of ketones is 1. The number of nitrogens with zero attached hydrogens (tertiary/aromatic N) is 1. The number of fused-ring (bicyclic) bond motifs is 1. The lowest BCUT2D eigenvalue weighted by Crippen LogP contribution is -2.27. The predicted octanol–water partition coefficient (Wildman–Crippen LogP) is 3.26. The number of para-hydroxylation sites is 1. The van der Waals surface area contributed by atoms with Crippen molar-refractivity contribution >= 4 is 32.7 Å². The second kappa shape index (κ2) is 7.81. The second-order valence-corrected chi connectivity index (χ2v) is 8.72. The van der Waals surface area contributed by atoms with Gasteiger partial charge in [-0.2, -0.15) is 4.31 Å². The molecule has 1 aromatic heterocycles. The first-order valence-corrected chi connectivity index (χ1v) is 10.7. The van der Waals surface area contributed by atoms with Crippen LogP contribution in [0.5, 0.6) is 0 Å². The molecule has 0 atom stereocenters. The zero-order valence-electron chi connectivity index (χ0n) is 15.5. The molecular formula is C21H19NO6S. The van der Waals surface area contributed by atoms with Gasteiger partial charge >= 0.3 is 5.97 Å². The van der Waals surface area contributed by atoms with E-state index in [1.54, 1.807) is 24.3 Å². The Hall–Kier alpha value is -2.97. The van der Waals surface area contributed by atoms with Gasteiger partial charge in [0, 0.05) is 24.0 Å². The van der Waals surface area contributed by atoms with Gasteiger partial charge in [-0.05, 0) is 49.2 Å². The average molecular weight is 413 g/mol. The third-order valence-electron chi connectivity index (χ3n) is 4.84. The number of benzene rings is 2. The summed E-state index contributed by atoms with van der Waals surface area (Å²) in [6.45, 7) is 0.565. The first kappa shape index (κ1) is 19.4. The fourth-order valence-electron chi connectivity index (χ4n) is 3.26. The molecule has 4 rings (SSSR count). The number of furan rings is 1. The van der Waals surface area contributed by atoms with E-state index in [1.165, 1.54) is 28.6 Å². The number of ether oxygens (including phenoxy) is 1. The third-order valence-corrected chi connectivity index (χ3v) is 6.75. The molecule has 8 heteroatoms. The highest BCUT2D eigenvalue weighted by Gasteiger charge is 2.27. The van der Waals surface area contributed by atoms with Crippen LogP contribution in [0.4, 0.5) is 0 Å². The summed E-state index contributed by atoms with van der Waals surface area (Å²) in [7, 11) is -3.53. The van der Waals surface area contributed by atoms with Gasteiger partial charge in [0.2, 0.25) is 15.8 Å². The van der Waals surface area contributed by atoms with Crippen LogP contribution in [0.1, 0.15) is 33.8 Å². The highest BCUT2D eigenvalue weighted by molar-refractivity contribution is 7.89. The van der Waals surface area contributed by atoms with Gasteiger partial charge in [-0.15, -0.1) is 0 Å². The van der Waals surface area contributed by atoms with Crippen molar-refractivity contribution < 1.29 is 27.2 Å². The summed E-state index contributed by atoms with van der Waals surface area (Å²) in [4.78, 5) is 24.6. The lowest BCUT2D eigenvalue weighted by atomic mass is 10.1. The van der Waals surface area contributed by atoms with Crippen LogP contribution >= 0.6 is 0 Å². The maximum atomic E-state index is 12.5. The van der Waals surface area contributed by atoms with E-state index >= 15 is 0 Å². The minimum absolute atomic E-state index is 0.0195. The Morgan fingerprint density at radius 2 is 1.69 bits per heavy atom.